The largest absolute Gasteiger partial charge is 0.297 e. The summed E-state index contributed by atoms with van der Waals surface area (Å²) in [5.41, 5.74) is 3.79. The number of hydrogen-bond donors (Lipinski definition) is 0. The second-order valence-corrected chi connectivity index (χ2v) is 10.2. The molecular formula is C28H42N2S. The minimum Gasteiger partial charge on any atom is -0.297 e. The second kappa shape index (κ2) is 13.7. The number of thiazole rings is 1. The summed E-state index contributed by atoms with van der Waals surface area (Å²) >= 11 is 1.86. The van der Waals surface area contributed by atoms with E-state index in [1.165, 1.54) is 112 Å². The fraction of sp³-hybridized carbons (Fsp3) is 0.607. The number of aromatic nitrogens is 2. The van der Waals surface area contributed by atoms with E-state index in [2.05, 4.69) is 54.9 Å². The molecule has 170 valence electrons. The molecule has 0 saturated heterocycles. The van der Waals surface area contributed by atoms with Crippen LogP contribution in [0.25, 0.3) is 16.2 Å². The Bertz CT molecular complexity index is 827. The maximum absolute atomic E-state index is 4.89. The molecule has 0 aliphatic heterocycles. The molecule has 0 spiro atoms. The molecule has 0 radical (unpaired) electrons. The molecule has 0 N–H and O–H groups in total. The highest BCUT2D eigenvalue weighted by Crippen LogP contribution is 2.25. The van der Waals surface area contributed by atoms with Gasteiger partial charge in [0.15, 0.2) is 4.96 Å². The summed E-state index contributed by atoms with van der Waals surface area (Å²) < 4.78 is 2.22. The third-order valence-corrected chi connectivity index (χ3v) is 7.36. The van der Waals surface area contributed by atoms with Crippen LogP contribution in [0.1, 0.15) is 108 Å². The fourth-order valence-corrected chi connectivity index (χ4v) is 5.31. The Hall–Kier alpha value is -1.61. The quantitative estimate of drug-likeness (QED) is 0.204. The molecule has 0 fully saturated rings. The standard InChI is InChI=1S/C28H42N2S/c1-3-5-7-9-11-12-14-16-24-18-20-25(21-19-24)27-23-30-22-26(31-28(30)29-27)17-15-13-10-8-6-4-2/h18-23H,3-17H2,1-2H3. The Morgan fingerprint density at radius 1 is 0.677 bits per heavy atom. The number of imidazole rings is 1. The molecule has 0 bridgehead atoms. The zero-order valence-electron chi connectivity index (χ0n) is 19.9. The van der Waals surface area contributed by atoms with Crippen molar-refractivity contribution < 1.29 is 0 Å². The molecule has 3 rings (SSSR count). The first-order valence-electron chi connectivity index (χ1n) is 12.9. The first-order valence-corrected chi connectivity index (χ1v) is 13.7. The van der Waals surface area contributed by atoms with Crippen LogP contribution >= 0.6 is 11.3 Å². The van der Waals surface area contributed by atoms with E-state index in [0.29, 0.717) is 0 Å². The van der Waals surface area contributed by atoms with Crippen molar-refractivity contribution >= 4 is 16.3 Å². The molecule has 0 aliphatic carbocycles. The van der Waals surface area contributed by atoms with Gasteiger partial charge in [-0.2, -0.15) is 0 Å². The molecule has 2 heterocycles. The van der Waals surface area contributed by atoms with Crippen molar-refractivity contribution in [2.24, 2.45) is 0 Å². The van der Waals surface area contributed by atoms with Gasteiger partial charge in [-0.05, 0) is 31.2 Å². The normalized spacial score (nSPS) is 11.5. The second-order valence-electron chi connectivity index (χ2n) is 9.10. The van der Waals surface area contributed by atoms with Gasteiger partial charge < -0.3 is 0 Å². The molecule has 0 saturated carbocycles. The number of unbranched alkanes of at least 4 members (excludes halogenated alkanes) is 11. The van der Waals surface area contributed by atoms with Crippen molar-refractivity contribution in [1.29, 1.82) is 0 Å². The lowest BCUT2D eigenvalue weighted by Gasteiger charge is -2.04. The number of rotatable bonds is 16. The summed E-state index contributed by atoms with van der Waals surface area (Å²) in [6, 6.07) is 9.09. The third-order valence-electron chi connectivity index (χ3n) is 6.30. The van der Waals surface area contributed by atoms with Crippen molar-refractivity contribution in [3.8, 4) is 11.3 Å². The van der Waals surface area contributed by atoms with Crippen LogP contribution in [0.2, 0.25) is 0 Å². The van der Waals surface area contributed by atoms with Gasteiger partial charge in [0.25, 0.3) is 0 Å². The van der Waals surface area contributed by atoms with Crippen molar-refractivity contribution in [2.75, 3.05) is 0 Å². The molecule has 2 aromatic heterocycles. The topological polar surface area (TPSA) is 17.3 Å². The first-order chi connectivity index (χ1) is 15.3. The minimum atomic E-state index is 1.10. The number of aryl methyl sites for hydroxylation is 2. The average molecular weight is 439 g/mol. The number of fused-ring (bicyclic) bond motifs is 1. The summed E-state index contributed by atoms with van der Waals surface area (Å²) in [5.74, 6) is 0. The van der Waals surface area contributed by atoms with Crippen LogP contribution in [0.5, 0.6) is 0 Å². The van der Waals surface area contributed by atoms with Crippen LogP contribution < -0.4 is 0 Å². The van der Waals surface area contributed by atoms with Crippen molar-refractivity contribution in [3.05, 3.63) is 47.1 Å². The van der Waals surface area contributed by atoms with Crippen molar-refractivity contribution in [1.82, 2.24) is 9.38 Å². The van der Waals surface area contributed by atoms with Gasteiger partial charge in [-0.25, -0.2) is 4.98 Å². The first kappa shape index (κ1) is 24.0. The van der Waals surface area contributed by atoms with Gasteiger partial charge in [-0.15, -0.1) is 11.3 Å². The lowest BCUT2D eigenvalue weighted by atomic mass is 10.0. The van der Waals surface area contributed by atoms with Crippen molar-refractivity contribution in [3.63, 3.8) is 0 Å². The Morgan fingerprint density at radius 3 is 1.87 bits per heavy atom. The Morgan fingerprint density at radius 2 is 1.26 bits per heavy atom. The number of nitrogens with zero attached hydrogens (tertiary/aromatic N) is 2. The van der Waals surface area contributed by atoms with Crippen molar-refractivity contribution in [2.45, 2.75) is 110 Å². The van der Waals surface area contributed by atoms with Gasteiger partial charge in [0.2, 0.25) is 0 Å². The zero-order chi connectivity index (χ0) is 21.7. The van der Waals surface area contributed by atoms with Crippen LogP contribution in [0.15, 0.2) is 36.7 Å². The van der Waals surface area contributed by atoms with Gasteiger partial charge in [0.05, 0.1) is 5.69 Å². The summed E-state index contributed by atoms with van der Waals surface area (Å²) in [6.45, 7) is 4.56. The lowest BCUT2D eigenvalue weighted by molar-refractivity contribution is 0.589. The van der Waals surface area contributed by atoms with Crippen LogP contribution in [0, 0.1) is 0 Å². The van der Waals surface area contributed by atoms with Gasteiger partial charge >= 0.3 is 0 Å². The third kappa shape index (κ3) is 8.11. The van der Waals surface area contributed by atoms with Crippen LogP contribution in [-0.4, -0.2) is 9.38 Å². The van der Waals surface area contributed by atoms with E-state index < -0.39 is 0 Å². The molecule has 0 unspecified atom stereocenters. The molecule has 0 amide bonds. The van der Waals surface area contributed by atoms with Gasteiger partial charge in [0.1, 0.15) is 0 Å². The fourth-order valence-electron chi connectivity index (χ4n) is 4.31. The molecule has 3 heteroatoms. The Labute approximate surface area is 194 Å². The molecule has 0 aliphatic rings. The van der Waals surface area contributed by atoms with Crippen LogP contribution in [0.3, 0.4) is 0 Å². The van der Waals surface area contributed by atoms with Gasteiger partial charge in [-0.1, -0.05) is 109 Å². The van der Waals surface area contributed by atoms with Crippen LogP contribution in [0.4, 0.5) is 0 Å². The molecule has 0 atom stereocenters. The molecule has 31 heavy (non-hydrogen) atoms. The Balaban J connectivity index is 1.42. The SMILES string of the molecule is CCCCCCCCCc1ccc(-c2cn3cc(CCCCCCCC)sc3n2)cc1. The molecule has 3 aromatic rings. The van der Waals surface area contributed by atoms with E-state index in [-0.39, 0.29) is 0 Å². The maximum Gasteiger partial charge on any atom is 0.194 e. The Kier molecular flexibility index (Phi) is 10.6. The van der Waals surface area contributed by atoms with E-state index in [9.17, 15) is 0 Å². The summed E-state index contributed by atoms with van der Waals surface area (Å²) in [7, 11) is 0. The van der Waals surface area contributed by atoms with E-state index in [1.807, 2.05) is 11.3 Å². The minimum absolute atomic E-state index is 1.10. The van der Waals surface area contributed by atoms with Gasteiger partial charge in [-0.3, -0.25) is 4.40 Å². The zero-order valence-corrected chi connectivity index (χ0v) is 20.7. The van der Waals surface area contributed by atoms with Gasteiger partial charge in [0, 0.05) is 22.8 Å². The predicted molar refractivity (Wildman–Crippen MR) is 137 cm³/mol. The smallest absolute Gasteiger partial charge is 0.194 e. The van der Waals surface area contributed by atoms with E-state index in [4.69, 9.17) is 4.98 Å². The van der Waals surface area contributed by atoms with Crippen LogP contribution in [-0.2, 0) is 12.8 Å². The predicted octanol–water partition coefficient (Wildman–Crippen LogP) is 9.26. The number of benzene rings is 1. The summed E-state index contributed by atoms with van der Waals surface area (Å²) in [5, 5.41) is 0. The highest BCUT2D eigenvalue weighted by atomic mass is 32.1. The lowest BCUT2D eigenvalue weighted by Crippen LogP contribution is -1.87. The summed E-state index contributed by atoms with van der Waals surface area (Å²) in [4.78, 5) is 7.49. The molecule has 1 aromatic carbocycles. The average Bonchev–Trinajstić information content (AvgIpc) is 3.35. The molecular weight excluding hydrogens is 396 g/mol. The number of hydrogen-bond acceptors (Lipinski definition) is 2. The monoisotopic (exact) mass is 438 g/mol. The maximum atomic E-state index is 4.89. The van der Waals surface area contributed by atoms with E-state index >= 15 is 0 Å². The summed E-state index contributed by atoms with van der Waals surface area (Å²) in [6.07, 6.45) is 24.7. The molecule has 2 nitrogen and oxygen atoms in total. The highest BCUT2D eigenvalue weighted by Gasteiger charge is 2.08. The van der Waals surface area contributed by atoms with E-state index in [1.54, 1.807) is 0 Å². The highest BCUT2D eigenvalue weighted by molar-refractivity contribution is 7.17. The van der Waals surface area contributed by atoms with E-state index in [0.717, 1.165) is 10.7 Å².